The number of nitrogens with one attached hydrogen (secondary N) is 1. The molecule has 1 N–H and O–H groups in total. The van der Waals surface area contributed by atoms with Gasteiger partial charge in [-0.15, -0.1) is 0 Å². The number of rotatable bonds is 5. The third kappa shape index (κ3) is 3.91. The van der Waals surface area contributed by atoms with Crippen molar-refractivity contribution < 1.29 is 13.9 Å². The van der Waals surface area contributed by atoms with E-state index in [1.54, 1.807) is 31.6 Å². The normalized spacial score (nSPS) is 12.2. The number of ether oxygens (including phenoxy) is 1. The molecule has 0 spiro atoms. The van der Waals surface area contributed by atoms with Gasteiger partial charge in [0.25, 0.3) is 0 Å². The van der Waals surface area contributed by atoms with Crippen LogP contribution in [0.3, 0.4) is 0 Å². The molecule has 0 aliphatic heterocycles. The zero-order valence-electron chi connectivity index (χ0n) is 13.8. The number of methoxy groups -OCH3 is 1. The minimum Gasteiger partial charge on any atom is -0.497 e. The SMILES string of the molecule is COc1ccc2c(CC(=O)N[C@@H](C)c3ccc(Cl)cc3Cl)coc2c1. The van der Waals surface area contributed by atoms with E-state index in [1.165, 1.54) is 0 Å². The van der Waals surface area contributed by atoms with E-state index in [0.29, 0.717) is 21.4 Å². The maximum Gasteiger partial charge on any atom is 0.225 e. The summed E-state index contributed by atoms with van der Waals surface area (Å²) < 4.78 is 10.7. The molecule has 25 heavy (non-hydrogen) atoms. The number of furan rings is 1. The van der Waals surface area contributed by atoms with E-state index < -0.39 is 0 Å². The van der Waals surface area contributed by atoms with Crippen LogP contribution in [0.2, 0.25) is 10.0 Å². The summed E-state index contributed by atoms with van der Waals surface area (Å²) in [7, 11) is 1.60. The van der Waals surface area contributed by atoms with Crippen molar-refractivity contribution in [3.8, 4) is 5.75 Å². The van der Waals surface area contributed by atoms with Gasteiger partial charge < -0.3 is 14.5 Å². The fourth-order valence-electron chi connectivity index (χ4n) is 2.72. The number of fused-ring (bicyclic) bond motifs is 1. The topological polar surface area (TPSA) is 51.5 Å². The van der Waals surface area contributed by atoms with Crippen LogP contribution in [0.1, 0.15) is 24.1 Å². The number of carbonyl (C=O) groups excluding carboxylic acids is 1. The summed E-state index contributed by atoms with van der Waals surface area (Å²) in [4.78, 5) is 12.4. The van der Waals surface area contributed by atoms with E-state index in [2.05, 4.69) is 5.32 Å². The maximum absolute atomic E-state index is 12.4. The molecular weight excluding hydrogens is 361 g/mol. The lowest BCUT2D eigenvalue weighted by Gasteiger charge is -2.15. The first-order chi connectivity index (χ1) is 12.0. The van der Waals surface area contributed by atoms with Crippen LogP contribution >= 0.6 is 23.2 Å². The van der Waals surface area contributed by atoms with Crippen LogP contribution in [0.25, 0.3) is 11.0 Å². The molecule has 3 rings (SSSR count). The van der Waals surface area contributed by atoms with Crippen molar-refractivity contribution in [2.75, 3.05) is 7.11 Å². The molecule has 1 atom stereocenters. The first-order valence-corrected chi connectivity index (χ1v) is 8.52. The Labute approximate surface area is 155 Å². The van der Waals surface area contributed by atoms with Crippen molar-refractivity contribution in [2.24, 2.45) is 0 Å². The first kappa shape index (κ1) is 17.6. The average molecular weight is 378 g/mol. The molecule has 0 fully saturated rings. The van der Waals surface area contributed by atoms with E-state index in [0.717, 1.165) is 16.5 Å². The molecule has 0 unspecified atom stereocenters. The Hall–Kier alpha value is -2.17. The summed E-state index contributed by atoms with van der Waals surface area (Å²) >= 11 is 12.1. The summed E-state index contributed by atoms with van der Waals surface area (Å²) in [6, 6.07) is 10.5. The van der Waals surface area contributed by atoms with E-state index >= 15 is 0 Å². The number of halogens is 2. The Morgan fingerprint density at radius 2 is 2.04 bits per heavy atom. The molecule has 0 aliphatic carbocycles. The van der Waals surface area contributed by atoms with Crippen molar-refractivity contribution >= 4 is 40.1 Å². The Morgan fingerprint density at radius 3 is 2.76 bits per heavy atom. The van der Waals surface area contributed by atoms with Gasteiger partial charge in [0.2, 0.25) is 5.91 Å². The van der Waals surface area contributed by atoms with Crippen LogP contribution < -0.4 is 10.1 Å². The predicted octanol–water partition coefficient (Wildman–Crippen LogP) is 5.17. The summed E-state index contributed by atoms with van der Waals surface area (Å²) in [6.07, 6.45) is 1.82. The highest BCUT2D eigenvalue weighted by Crippen LogP contribution is 2.28. The minimum absolute atomic E-state index is 0.114. The van der Waals surface area contributed by atoms with Gasteiger partial charge >= 0.3 is 0 Å². The molecule has 0 aliphatic rings. The van der Waals surface area contributed by atoms with Gasteiger partial charge in [0.15, 0.2) is 0 Å². The van der Waals surface area contributed by atoms with Gasteiger partial charge in [-0.2, -0.15) is 0 Å². The number of hydrogen-bond donors (Lipinski definition) is 1. The molecule has 0 bridgehead atoms. The van der Waals surface area contributed by atoms with Gasteiger partial charge in [0, 0.05) is 27.1 Å². The highest BCUT2D eigenvalue weighted by molar-refractivity contribution is 6.35. The maximum atomic E-state index is 12.4. The van der Waals surface area contributed by atoms with Gasteiger partial charge in [0.1, 0.15) is 11.3 Å². The lowest BCUT2D eigenvalue weighted by Crippen LogP contribution is -2.28. The van der Waals surface area contributed by atoms with Crippen LogP contribution in [0.5, 0.6) is 5.75 Å². The van der Waals surface area contributed by atoms with Crippen molar-refractivity contribution in [3.05, 3.63) is 63.8 Å². The predicted molar refractivity (Wildman–Crippen MR) is 99.5 cm³/mol. The fraction of sp³-hybridized carbons (Fsp3) is 0.211. The van der Waals surface area contributed by atoms with Gasteiger partial charge in [0.05, 0.1) is 25.8 Å². The minimum atomic E-state index is -0.226. The van der Waals surface area contributed by atoms with Crippen molar-refractivity contribution in [1.29, 1.82) is 0 Å². The Morgan fingerprint density at radius 1 is 1.24 bits per heavy atom. The second-order valence-electron chi connectivity index (χ2n) is 5.75. The van der Waals surface area contributed by atoms with Gasteiger partial charge in [-0.3, -0.25) is 4.79 Å². The van der Waals surface area contributed by atoms with Crippen LogP contribution in [0.4, 0.5) is 0 Å². The van der Waals surface area contributed by atoms with Crippen LogP contribution in [-0.2, 0) is 11.2 Å². The standard InChI is InChI=1S/C19H17Cl2NO3/c1-11(15-5-3-13(20)8-17(15)21)22-19(23)7-12-10-25-18-9-14(24-2)4-6-16(12)18/h3-6,8-11H,7H2,1-2H3,(H,22,23)/t11-/m0/s1. The highest BCUT2D eigenvalue weighted by atomic mass is 35.5. The first-order valence-electron chi connectivity index (χ1n) is 7.76. The monoisotopic (exact) mass is 377 g/mol. The van der Waals surface area contributed by atoms with E-state index in [1.807, 2.05) is 25.1 Å². The molecule has 4 nitrogen and oxygen atoms in total. The van der Waals surface area contributed by atoms with Gasteiger partial charge in [-0.05, 0) is 36.8 Å². The van der Waals surface area contributed by atoms with Crippen LogP contribution in [0.15, 0.2) is 47.1 Å². The highest BCUT2D eigenvalue weighted by Gasteiger charge is 2.15. The number of carbonyl (C=O) groups is 1. The summed E-state index contributed by atoms with van der Waals surface area (Å²) in [5, 5.41) is 4.94. The molecule has 1 heterocycles. The largest absolute Gasteiger partial charge is 0.497 e. The number of amides is 1. The zero-order valence-corrected chi connectivity index (χ0v) is 15.3. The molecule has 0 radical (unpaired) electrons. The molecule has 6 heteroatoms. The second-order valence-corrected chi connectivity index (χ2v) is 6.60. The Bertz CT molecular complexity index is 920. The van der Waals surface area contributed by atoms with Crippen LogP contribution in [-0.4, -0.2) is 13.0 Å². The third-order valence-corrected chi connectivity index (χ3v) is 4.58. The van der Waals surface area contributed by atoms with E-state index in [-0.39, 0.29) is 18.4 Å². The average Bonchev–Trinajstić information content (AvgIpc) is 2.96. The molecule has 1 aromatic heterocycles. The molecule has 1 amide bonds. The third-order valence-electron chi connectivity index (χ3n) is 4.02. The lowest BCUT2D eigenvalue weighted by atomic mass is 10.1. The van der Waals surface area contributed by atoms with Gasteiger partial charge in [-0.25, -0.2) is 0 Å². The summed E-state index contributed by atoms with van der Waals surface area (Å²) in [6.45, 7) is 1.88. The fourth-order valence-corrected chi connectivity index (χ4v) is 3.30. The Kier molecular flexibility index (Phi) is 5.21. The molecule has 130 valence electrons. The zero-order chi connectivity index (χ0) is 18.0. The number of hydrogen-bond acceptors (Lipinski definition) is 3. The molecular formula is C19H17Cl2NO3. The van der Waals surface area contributed by atoms with Crippen LogP contribution in [0, 0.1) is 0 Å². The molecule has 2 aromatic carbocycles. The van der Waals surface area contributed by atoms with Crippen molar-refractivity contribution in [2.45, 2.75) is 19.4 Å². The van der Waals surface area contributed by atoms with E-state index in [4.69, 9.17) is 32.4 Å². The molecule has 0 saturated heterocycles. The number of benzene rings is 2. The quantitative estimate of drug-likeness (QED) is 0.667. The van der Waals surface area contributed by atoms with E-state index in [9.17, 15) is 4.79 Å². The lowest BCUT2D eigenvalue weighted by molar-refractivity contribution is -0.121. The molecule has 0 saturated carbocycles. The second kappa shape index (κ2) is 7.38. The van der Waals surface area contributed by atoms with Crippen molar-refractivity contribution in [3.63, 3.8) is 0 Å². The van der Waals surface area contributed by atoms with Gasteiger partial charge in [-0.1, -0.05) is 29.3 Å². The Balaban J connectivity index is 1.72. The summed E-state index contributed by atoms with van der Waals surface area (Å²) in [5.41, 5.74) is 2.33. The summed E-state index contributed by atoms with van der Waals surface area (Å²) in [5.74, 6) is 0.598. The smallest absolute Gasteiger partial charge is 0.225 e. The molecule has 3 aromatic rings. The van der Waals surface area contributed by atoms with Crippen molar-refractivity contribution in [1.82, 2.24) is 5.32 Å².